The molecule has 0 spiro atoms. The molecule has 1 fully saturated rings. The molecule has 88 valence electrons. The normalized spacial score (nSPS) is 30.3. The summed E-state index contributed by atoms with van der Waals surface area (Å²) in [7, 11) is 2.00. The summed E-state index contributed by atoms with van der Waals surface area (Å²) in [5, 5.41) is 13.9. The van der Waals surface area contributed by atoms with Gasteiger partial charge in [0.05, 0.1) is 5.60 Å². The molecule has 1 aliphatic carbocycles. The predicted molar refractivity (Wildman–Crippen MR) is 66.4 cm³/mol. The van der Waals surface area contributed by atoms with Crippen molar-refractivity contribution >= 4 is 0 Å². The van der Waals surface area contributed by atoms with Gasteiger partial charge in [-0.3, -0.25) is 0 Å². The molecule has 0 bridgehead atoms. The Morgan fingerprint density at radius 2 is 2.00 bits per heavy atom. The van der Waals surface area contributed by atoms with E-state index in [-0.39, 0.29) is 0 Å². The Bertz CT molecular complexity index is 354. The van der Waals surface area contributed by atoms with E-state index >= 15 is 0 Å². The number of benzene rings is 1. The first-order valence-electron chi connectivity index (χ1n) is 6.11. The van der Waals surface area contributed by atoms with Crippen LogP contribution in [0.5, 0.6) is 0 Å². The minimum Gasteiger partial charge on any atom is -0.385 e. The average molecular weight is 219 g/mol. The zero-order chi connectivity index (χ0) is 11.6. The van der Waals surface area contributed by atoms with Gasteiger partial charge in [-0.25, -0.2) is 0 Å². The van der Waals surface area contributed by atoms with E-state index in [0.717, 1.165) is 31.2 Å². The Balaban J connectivity index is 2.15. The number of hydrogen-bond acceptors (Lipinski definition) is 2. The summed E-state index contributed by atoms with van der Waals surface area (Å²) in [5.74, 6) is 0. The molecule has 0 amide bonds. The van der Waals surface area contributed by atoms with Crippen molar-refractivity contribution in [3.63, 3.8) is 0 Å². The Labute approximate surface area is 97.7 Å². The Morgan fingerprint density at radius 1 is 1.31 bits per heavy atom. The van der Waals surface area contributed by atoms with E-state index in [4.69, 9.17) is 0 Å². The highest BCUT2D eigenvalue weighted by Gasteiger charge is 2.34. The fraction of sp³-hybridized carbons (Fsp3) is 0.571. The molecule has 0 unspecified atom stereocenters. The van der Waals surface area contributed by atoms with Crippen molar-refractivity contribution in [2.75, 3.05) is 7.05 Å². The first-order valence-corrected chi connectivity index (χ1v) is 6.11. The van der Waals surface area contributed by atoms with Crippen molar-refractivity contribution < 1.29 is 5.11 Å². The van der Waals surface area contributed by atoms with Crippen LogP contribution in [0.2, 0.25) is 0 Å². The van der Waals surface area contributed by atoms with Crippen molar-refractivity contribution in [1.29, 1.82) is 0 Å². The third kappa shape index (κ3) is 2.28. The summed E-state index contributed by atoms with van der Waals surface area (Å²) in [6.07, 6.45) is 3.84. The largest absolute Gasteiger partial charge is 0.385 e. The molecule has 0 saturated heterocycles. The molecule has 0 atom stereocenters. The van der Waals surface area contributed by atoms with Crippen molar-refractivity contribution in [2.45, 2.75) is 44.2 Å². The summed E-state index contributed by atoms with van der Waals surface area (Å²) in [4.78, 5) is 0. The maximum absolute atomic E-state index is 10.7. The van der Waals surface area contributed by atoms with Crippen LogP contribution in [0.3, 0.4) is 0 Å². The van der Waals surface area contributed by atoms with E-state index in [2.05, 4.69) is 24.4 Å². The van der Waals surface area contributed by atoms with Gasteiger partial charge in [-0.1, -0.05) is 29.8 Å². The lowest BCUT2D eigenvalue weighted by molar-refractivity contribution is -0.00767. The number of aryl methyl sites for hydroxylation is 1. The second kappa shape index (κ2) is 4.56. The smallest absolute Gasteiger partial charge is 0.0897 e. The maximum atomic E-state index is 10.7. The van der Waals surface area contributed by atoms with Crippen LogP contribution in [-0.2, 0) is 5.60 Å². The number of rotatable bonds is 2. The fourth-order valence-electron chi connectivity index (χ4n) is 2.61. The zero-order valence-electron chi connectivity index (χ0n) is 10.2. The molecule has 1 aliphatic rings. The van der Waals surface area contributed by atoms with E-state index in [1.54, 1.807) is 0 Å². The molecule has 2 nitrogen and oxygen atoms in total. The minimum atomic E-state index is -0.598. The Kier molecular flexibility index (Phi) is 3.31. The van der Waals surface area contributed by atoms with Crippen LogP contribution in [0.25, 0.3) is 0 Å². The SMILES string of the molecule is CNC1CCC(O)(c2cccc(C)c2)CC1. The van der Waals surface area contributed by atoms with Crippen molar-refractivity contribution in [1.82, 2.24) is 5.32 Å². The van der Waals surface area contributed by atoms with E-state index < -0.39 is 5.60 Å². The minimum absolute atomic E-state index is 0.574. The van der Waals surface area contributed by atoms with Gasteiger partial charge < -0.3 is 10.4 Å². The molecule has 2 heteroatoms. The van der Waals surface area contributed by atoms with E-state index in [1.807, 2.05) is 19.2 Å². The van der Waals surface area contributed by atoms with Gasteiger partial charge in [-0.15, -0.1) is 0 Å². The highest BCUT2D eigenvalue weighted by molar-refractivity contribution is 5.28. The standard InChI is InChI=1S/C14H21NO/c1-11-4-3-5-12(10-11)14(16)8-6-13(15-2)7-9-14/h3-5,10,13,15-16H,6-9H2,1-2H3. The summed E-state index contributed by atoms with van der Waals surface area (Å²) in [6, 6.07) is 8.84. The first kappa shape index (κ1) is 11.6. The molecule has 0 aliphatic heterocycles. The molecule has 2 rings (SSSR count). The number of nitrogens with one attached hydrogen (secondary N) is 1. The molecule has 0 radical (unpaired) electrons. The van der Waals surface area contributed by atoms with Gasteiger partial charge >= 0.3 is 0 Å². The van der Waals surface area contributed by atoms with Gasteiger partial charge in [0.15, 0.2) is 0 Å². The predicted octanol–water partition coefficient (Wildman–Crippen LogP) is 2.34. The van der Waals surface area contributed by atoms with Gasteiger partial charge in [-0.2, -0.15) is 0 Å². The molecule has 16 heavy (non-hydrogen) atoms. The van der Waals surface area contributed by atoms with E-state index in [1.165, 1.54) is 5.56 Å². The van der Waals surface area contributed by atoms with Gasteiger partial charge in [0.25, 0.3) is 0 Å². The quantitative estimate of drug-likeness (QED) is 0.800. The molecule has 1 saturated carbocycles. The summed E-state index contributed by atoms with van der Waals surface area (Å²) in [6.45, 7) is 2.08. The lowest BCUT2D eigenvalue weighted by Gasteiger charge is -2.36. The molecule has 1 aromatic rings. The summed E-state index contributed by atoms with van der Waals surface area (Å²) >= 11 is 0. The van der Waals surface area contributed by atoms with Crippen LogP contribution in [0.4, 0.5) is 0 Å². The van der Waals surface area contributed by atoms with Crippen LogP contribution in [0.15, 0.2) is 24.3 Å². The van der Waals surface area contributed by atoms with Gasteiger partial charge in [0, 0.05) is 6.04 Å². The molecule has 0 aromatic heterocycles. The van der Waals surface area contributed by atoms with Crippen LogP contribution in [0, 0.1) is 6.92 Å². The third-order valence-electron chi connectivity index (χ3n) is 3.78. The van der Waals surface area contributed by atoms with Crippen molar-refractivity contribution in [3.05, 3.63) is 35.4 Å². The van der Waals surface area contributed by atoms with E-state index in [0.29, 0.717) is 6.04 Å². The molecule has 1 aromatic carbocycles. The molecule has 2 N–H and O–H groups in total. The Hall–Kier alpha value is -0.860. The summed E-state index contributed by atoms with van der Waals surface area (Å²) in [5.41, 5.74) is 1.71. The second-order valence-electron chi connectivity index (χ2n) is 4.96. The van der Waals surface area contributed by atoms with Crippen molar-refractivity contribution in [3.8, 4) is 0 Å². The average Bonchev–Trinajstić information content (AvgIpc) is 2.30. The lowest BCUT2D eigenvalue weighted by Crippen LogP contribution is -2.38. The fourth-order valence-corrected chi connectivity index (χ4v) is 2.61. The first-order chi connectivity index (χ1) is 7.64. The Morgan fingerprint density at radius 3 is 2.56 bits per heavy atom. The highest BCUT2D eigenvalue weighted by atomic mass is 16.3. The van der Waals surface area contributed by atoms with Gasteiger partial charge in [0.1, 0.15) is 0 Å². The topological polar surface area (TPSA) is 32.3 Å². The van der Waals surface area contributed by atoms with Crippen LogP contribution < -0.4 is 5.32 Å². The highest BCUT2D eigenvalue weighted by Crippen LogP contribution is 2.37. The molecular formula is C14H21NO. The zero-order valence-corrected chi connectivity index (χ0v) is 10.2. The monoisotopic (exact) mass is 219 g/mol. The van der Waals surface area contributed by atoms with Gasteiger partial charge in [-0.05, 0) is 45.2 Å². The third-order valence-corrected chi connectivity index (χ3v) is 3.78. The maximum Gasteiger partial charge on any atom is 0.0897 e. The summed E-state index contributed by atoms with van der Waals surface area (Å²) < 4.78 is 0. The van der Waals surface area contributed by atoms with Gasteiger partial charge in [0.2, 0.25) is 0 Å². The van der Waals surface area contributed by atoms with Crippen molar-refractivity contribution in [2.24, 2.45) is 0 Å². The molecular weight excluding hydrogens is 198 g/mol. The number of hydrogen-bond donors (Lipinski definition) is 2. The van der Waals surface area contributed by atoms with E-state index in [9.17, 15) is 5.11 Å². The van der Waals surface area contributed by atoms with Crippen LogP contribution in [0.1, 0.15) is 36.8 Å². The van der Waals surface area contributed by atoms with Crippen LogP contribution in [-0.4, -0.2) is 18.2 Å². The number of aliphatic hydroxyl groups is 1. The second-order valence-corrected chi connectivity index (χ2v) is 4.96. The molecule has 0 heterocycles. The van der Waals surface area contributed by atoms with Crippen LogP contribution >= 0.6 is 0 Å². The lowest BCUT2D eigenvalue weighted by atomic mass is 9.77.